The number of rotatable bonds is 4. The van der Waals surface area contributed by atoms with Crippen molar-refractivity contribution in [3.8, 4) is 5.75 Å². The summed E-state index contributed by atoms with van der Waals surface area (Å²) in [5, 5.41) is 0. The lowest BCUT2D eigenvalue weighted by molar-refractivity contribution is 0.212. The van der Waals surface area contributed by atoms with Crippen molar-refractivity contribution in [1.29, 1.82) is 0 Å². The maximum Gasteiger partial charge on any atom is 0.137 e. The molecule has 0 spiro atoms. The number of benzene rings is 1. The molecule has 1 aromatic heterocycles. The zero-order chi connectivity index (χ0) is 13.0. The van der Waals surface area contributed by atoms with E-state index in [0.717, 1.165) is 21.3 Å². The minimum atomic E-state index is -0.168. The third kappa shape index (κ3) is 3.09. The Bertz CT molecular complexity index is 516. The first kappa shape index (κ1) is 13.1. The van der Waals surface area contributed by atoms with Crippen LogP contribution in [0.15, 0.2) is 47.2 Å². The van der Waals surface area contributed by atoms with Crippen LogP contribution in [0.4, 0.5) is 0 Å². The monoisotopic (exact) mass is 306 g/mol. The molecule has 0 fully saturated rings. The topological polar surface area (TPSA) is 48.1 Å². The zero-order valence-corrected chi connectivity index (χ0v) is 11.7. The van der Waals surface area contributed by atoms with Crippen LogP contribution in [0.2, 0.25) is 0 Å². The van der Waals surface area contributed by atoms with Crippen LogP contribution in [-0.4, -0.2) is 11.5 Å². The predicted molar refractivity (Wildman–Crippen MR) is 75.5 cm³/mol. The van der Waals surface area contributed by atoms with Gasteiger partial charge in [0.05, 0.1) is 0 Å². The smallest absolute Gasteiger partial charge is 0.137 e. The lowest BCUT2D eigenvalue weighted by Crippen LogP contribution is -2.18. The first-order chi connectivity index (χ1) is 8.70. The van der Waals surface area contributed by atoms with E-state index in [2.05, 4.69) is 20.9 Å². The summed E-state index contributed by atoms with van der Waals surface area (Å²) >= 11 is 3.43. The van der Waals surface area contributed by atoms with Crippen LogP contribution in [0.3, 0.4) is 0 Å². The molecule has 0 aliphatic carbocycles. The molecule has 0 aliphatic heterocycles. The maximum atomic E-state index is 5.95. The van der Waals surface area contributed by atoms with Gasteiger partial charge in [-0.05, 0) is 36.8 Å². The Morgan fingerprint density at radius 2 is 2.22 bits per heavy atom. The average molecular weight is 307 g/mol. The molecule has 1 heterocycles. The van der Waals surface area contributed by atoms with E-state index in [9.17, 15) is 0 Å². The van der Waals surface area contributed by atoms with E-state index in [1.54, 1.807) is 12.4 Å². The first-order valence-corrected chi connectivity index (χ1v) is 6.53. The van der Waals surface area contributed by atoms with Crippen LogP contribution in [0.1, 0.15) is 17.2 Å². The van der Waals surface area contributed by atoms with Gasteiger partial charge in [0, 0.05) is 29.0 Å². The normalized spacial score (nSPS) is 12.2. The number of nitrogens with two attached hydrogens (primary N) is 1. The second-order valence-electron chi connectivity index (χ2n) is 4.04. The quantitative estimate of drug-likeness (QED) is 0.943. The number of aryl methyl sites for hydroxylation is 1. The molecule has 4 heteroatoms. The van der Waals surface area contributed by atoms with E-state index in [-0.39, 0.29) is 6.10 Å². The van der Waals surface area contributed by atoms with E-state index in [1.807, 2.05) is 37.3 Å². The molecule has 3 nitrogen and oxygen atoms in total. The van der Waals surface area contributed by atoms with Crippen LogP contribution < -0.4 is 10.5 Å². The third-order valence-corrected chi connectivity index (χ3v) is 3.17. The van der Waals surface area contributed by atoms with Crippen LogP contribution in [0.25, 0.3) is 0 Å². The number of hydrogen-bond acceptors (Lipinski definition) is 3. The van der Waals surface area contributed by atoms with Gasteiger partial charge in [-0.25, -0.2) is 0 Å². The molecule has 0 saturated heterocycles. The molecule has 1 aromatic carbocycles. The van der Waals surface area contributed by atoms with Gasteiger partial charge in [0.15, 0.2) is 0 Å². The minimum Gasteiger partial charge on any atom is -0.484 e. The lowest BCUT2D eigenvalue weighted by atomic mass is 10.1. The summed E-state index contributed by atoms with van der Waals surface area (Å²) < 4.78 is 6.99. The molecule has 0 aliphatic rings. The number of ether oxygens (including phenoxy) is 1. The van der Waals surface area contributed by atoms with Gasteiger partial charge in [0.25, 0.3) is 0 Å². The summed E-state index contributed by atoms with van der Waals surface area (Å²) in [5.41, 5.74) is 7.83. The molecular weight excluding hydrogens is 292 g/mol. The van der Waals surface area contributed by atoms with E-state index < -0.39 is 0 Å². The van der Waals surface area contributed by atoms with Crippen molar-refractivity contribution >= 4 is 15.9 Å². The average Bonchev–Trinajstić information content (AvgIpc) is 2.39. The molecule has 2 N–H and O–H groups in total. The Kier molecular flexibility index (Phi) is 4.33. The standard InChI is InChI=1S/C14H15BrN2O/c1-10-7-12(15)4-5-13(10)18-14(8-16)11-3-2-6-17-9-11/h2-7,9,14H,8,16H2,1H3. The van der Waals surface area contributed by atoms with E-state index in [4.69, 9.17) is 10.5 Å². The minimum absolute atomic E-state index is 0.168. The molecule has 2 aromatic rings. The van der Waals surface area contributed by atoms with Gasteiger partial charge in [-0.2, -0.15) is 0 Å². The second-order valence-corrected chi connectivity index (χ2v) is 4.95. The van der Waals surface area contributed by atoms with E-state index in [1.165, 1.54) is 0 Å². The van der Waals surface area contributed by atoms with Crippen LogP contribution in [0.5, 0.6) is 5.75 Å². The first-order valence-electron chi connectivity index (χ1n) is 5.73. The SMILES string of the molecule is Cc1cc(Br)ccc1OC(CN)c1cccnc1. The highest BCUT2D eigenvalue weighted by Gasteiger charge is 2.12. The molecule has 94 valence electrons. The molecule has 18 heavy (non-hydrogen) atoms. The summed E-state index contributed by atoms with van der Waals surface area (Å²) in [4.78, 5) is 4.09. The van der Waals surface area contributed by atoms with Gasteiger partial charge in [0.2, 0.25) is 0 Å². The Balaban J connectivity index is 2.21. The summed E-state index contributed by atoms with van der Waals surface area (Å²) in [6.45, 7) is 2.43. The Hall–Kier alpha value is -1.39. The van der Waals surface area contributed by atoms with Crippen LogP contribution in [-0.2, 0) is 0 Å². The fourth-order valence-electron chi connectivity index (χ4n) is 1.72. The van der Waals surface area contributed by atoms with Crippen molar-refractivity contribution in [2.24, 2.45) is 5.73 Å². The van der Waals surface area contributed by atoms with Crippen molar-refractivity contribution in [3.63, 3.8) is 0 Å². The van der Waals surface area contributed by atoms with Gasteiger partial charge in [0.1, 0.15) is 11.9 Å². The molecule has 0 bridgehead atoms. The van der Waals surface area contributed by atoms with Gasteiger partial charge in [-0.3, -0.25) is 4.98 Å². The summed E-state index contributed by atoms with van der Waals surface area (Å²) in [7, 11) is 0. The number of nitrogens with zero attached hydrogens (tertiary/aromatic N) is 1. The highest BCUT2D eigenvalue weighted by molar-refractivity contribution is 9.10. The van der Waals surface area contributed by atoms with Crippen molar-refractivity contribution < 1.29 is 4.74 Å². The summed E-state index contributed by atoms with van der Waals surface area (Å²) in [6.07, 6.45) is 3.35. The number of pyridine rings is 1. The molecular formula is C14H15BrN2O. The van der Waals surface area contributed by atoms with Gasteiger partial charge in [-0.1, -0.05) is 22.0 Å². The fourth-order valence-corrected chi connectivity index (χ4v) is 2.19. The summed E-state index contributed by atoms with van der Waals surface area (Å²) in [6, 6.07) is 9.78. The number of halogens is 1. The molecule has 1 atom stereocenters. The predicted octanol–water partition coefficient (Wildman–Crippen LogP) is 3.23. The second kappa shape index (κ2) is 5.98. The van der Waals surface area contributed by atoms with Crippen molar-refractivity contribution in [2.45, 2.75) is 13.0 Å². The summed E-state index contributed by atoms with van der Waals surface area (Å²) in [5.74, 6) is 0.845. The van der Waals surface area contributed by atoms with E-state index >= 15 is 0 Å². The Morgan fingerprint density at radius 3 is 2.83 bits per heavy atom. The molecule has 0 amide bonds. The Labute approximate surface area is 115 Å². The molecule has 0 radical (unpaired) electrons. The van der Waals surface area contributed by atoms with Gasteiger partial charge < -0.3 is 10.5 Å². The molecule has 1 unspecified atom stereocenters. The Morgan fingerprint density at radius 1 is 1.39 bits per heavy atom. The highest BCUT2D eigenvalue weighted by Crippen LogP contribution is 2.26. The number of hydrogen-bond donors (Lipinski definition) is 1. The molecule has 2 rings (SSSR count). The van der Waals surface area contributed by atoms with Crippen LogP contribution >= 0.6 is 15.9 Å². The van der Waals surface area contributed by atoms with Crippen LogP contribution in [0, 0.1) is 6.92 Å². The largest absolute Gasteiger partial charge is 0.484 e. The zero-order valence-electron chi connectivity index (χ0n) is 10.1. The third-order valence-electron chi connectivity index (χ3n) is 2.68. The molecule has 0 saturated carbocycles. The van der Waals surface area contributed by atoms with Crippen molar-refractivity contribution in [3.05, 3.63) is 58.3 Å². The fraction of sp³-hybridized carbons (Fsp3) is 0.214. The number of aromatic nitrogens is 1. The van der Waals surface area contributed by atoms with Crippen molar-refractivity contribution in [2.75, 3.05) is 6.54 Å². The van der Waals surface area contributed by atoms with Crippen molar-refractivity contribution in [1.82, 2.24) is 4.98 Å². The highest BCUT2D eigenvalue weighted by atomic mass is 79.9. The van der Waals surface area contributed by atoms with E-state index in [0.29, 0.717) is 6.54 Å². The lowest BCUT2D eigenvalue weighted by Gasteiger charge is -2.19. The van der Waals surface area contributed by atoms with Gasteiger partial charge >= 0.3 is 0 Å². The maximum absolute atomic E-state index is 5.95. The van der Waals surface area contributed by atoms with Gasteiger partial charge in [-0.15, -0.1) is 0 Å².